The Hall–Kier alpha value is -7.00. The summed E-state index contributed by atoms with van der Waals surface area (Å²) in [5.41, 5.74) is 10.2. The van der Waals surface area contributed by atoms with Gasteiger partial charge in [0.25, 0.3) is 12.7 Å². The average Bonchev–Trinajstić information content (AvgIpc) is 3.89. The number of nitrogens with zero attached hydrogens (tertiary/aromatic N) is 10. The number of fused-ring (bicyclic) bond motifs is 2. The van der Waals surface area contributed by atoms with Crippen molar-refractivity contribution in [1.82, 2.24) is 29.1 Å². The van der Waals surface area contributed by atoms with Gasteiger partial charge in [0, 0.05) is 105 Å². The van der Waals surface area contributed by atoms with Crippen LogP contribution in [0.25, 0.3) is 56.2 Å². The van der Waals surface area contributed by atoms with E-state index < -0.39 is 0 Å². The Labute approximate surface area is 399 Å². The fraction of sp³-hybridized carbons (Fsp3) is 0.0800. The second-order valence-electron chi connectivity index (χ2n) is 14.7. The van der Waals surface area contributed by atoms with E-state index in [1.165, 1.54) is 0 Å². The number of benzene rings is 4. The summed E-state index contributed by atoms with van der Waals surface area (Å²) in [6.45, 7) is 0. The van der Waals surface area contributed by atoms with Gasteiger partial charge in [0.05, 0.1) is 33.4 Å². The molecular weight excluding hydrogens is 1160 g/mol. The van der Waals surface area contributed by atoms with Gasteiger partial charge in [-0.2, -0.15) is 12.1 Å². The maximum absolute atomic E-state index is 6.25. The number of rotatable bonds is 11. The van der Waals surface area contributed by atoms with Crippen molar-refractivity contribution in [3.63, 3.8) is 0 Å². The summed E-state index contributed by atoms with van der Waals surface area (Å²) in [4.78, 5) is 22.1. The molecule has 0 bridgehead atoms. The first-order valence-corrected chi connectivity index (χ1v) is 19.7. The van der Waals surface area contributed by atoms with Crippen LogP contribution in [-0.2, 0) is 42.1 Å². The summed E-state index contributed by atoms with van der Waals surface area (Å²) in [5, 5.41) is 0. The van der Waals surface area contributed by atoms with E-state index in [0.29, 0.717) is 45.8 Å². The third-order valence-corrected chi connectivity index (χ3v) is 10.1. The van der Waals surface area contributed by atoms with E-state index in [1.807, 2.05) is 82.9 Å². The minimum atomic E-state index is 0. The Morgan fingerprint density at radius 3 is 1.28 bits per heavy atom. The molecule has 322 valence electrons. The summed E-state index contributed by atoms with van der Waals surface area (Å²) in [6.07, 6.45) is 16.9. The quantitative estimate of drug-likeness (QED) is 0.0955. The van der Waals surface area contributed by atoms with Crippen molar-refractivity contribution in [2.45, 2.75) is 0 Å². The maximum atomic E-state index is 6.25. The predicted molar refractivity (Wildman–Crippen MR) is 234 cm³/mol. The van der Waals surface area contributed by atoms with Crippen LogP contribution in [0.3, 0.4) is 0 Å². The molecule has 0 unspecified atom stereocenters. The number of imidazole rings is 2. The van der Waals surface area contributed by atoms with Crippen LogP contribution in [-0.4, -0.2) is 57.3 Å². The minimum Gasteiger partial charge on any atom is -0.509 e. The monoisotopic (exact) mass is 1200 g/mol. The molecule has 0 atom stereocenters. The fourth-order valence-corrected chi connectivity index (χ4v) is 7.06. The van der Waals surface area contributed by atoms with Crippen molar-refractivity contribution >= 4 is 33.4 Å². The van der Waals surface area contributed by atoms with E-state index in [1.54, 1.807) is 49.3 Å². The first-order valence-electron chi connectivity index (χ1n) is 19.7. The van der Waals surface area contributed by atoms with E-state index >= 15 is 0 Å². The molecule has 14 heteroatoms. The van der Waals surface area contributed by atoms with Crippen molar-refractivity contribution in [2.24, 2.45) is 0 Å². The smallest absolute Gasteiger partial charge is 0.268 e. The molecule has 0 fully saturated rings. The Bertz CT molecular complexity index is 3010. The van der Waals surface area contributed by atoms with E-state index in [-0.39, 0.29) is 42.1 Å². The molecule has 12 nitrogen and oxygen atoms in total. The number of pyridine rings is 4. The van der Waals surface area contributed by atoms with Crippen LogP contribution >= 0.6 is 0 Å². The molecular formula is C50H36N10O2Pt2-4. The van der Waals surface area contributed by atoms with E-state index in [9.17, 15) is 0 Å². The number of aromatic nitrogens is 8. The fourth-order valence-electron chi connectivity index (χ4n) is 7.06. The molecule has 0 aliphatic carbocycles. The van der Waals surface area contributed by atoms with Crippen LogP contribution in [0, 0.1) is 36.9 Å². The van der Waals surface area contributed by atoms with Crippen molar-refractivity contribution < 1.29 is 60.7 Å². The molecule has 0 N–H and O–H groups in total. The first-order chi connectivity index (χ1) is 30.3. The second kappa shape index (κ2) is 18.8. The van der Waals surface area contributed by atoms with Crippen molar-refractivity contribution in [3.8, 4) is 57.1 Å². The van der Waals surface area contributed by atoms with E-state index in [0.717, 1.165) is 44.8 Å². The van der Waals surface area contributed by atoms with Gasteiger partial charge in [0.2, 0.25) is 0 Å². The van der Waals surface area contributed by atoms with Gasteiger partial charge >= 0.3 is 0 Å². The van der Waals surface area contributed by atoms with Gasteiger partial charge in [-0.25, -0.2) is 0 Å². The third-order valence-electron chi connectivity index (χ3n) is 10.1. The molecule has 0 aliphatic heterocycles. The van der Waals surface area contributed by atoms with Crippen LogP contribution in [0.4, 0.5) is 11.4 Å². The molecule has 0 saturated carbocycles. The van der Waals surface area contributed by atoms with E-state index in [4.69, 9.17) is 9.47 Å². The average molecular weight is 1200 g/mol. The van der Waals surface area contributed by atoms with Crippen LogP contribution in [0.15, 0.2) is 146 Å². The molecule has 0 aliphatic rings. The van der Waals surface area contributed by atoms with Gasteiger partial charge in [-0.15, -0.1) is 35.7 Å². The molecule has 10 rings (SSSR count). The van der Waals surface area contributed by atoms with Gasteiger partial charge in [0.15, 0.2) is 0 Å². The summed E-state index contributed by atoms with van der Waals surface area (Å²) in [6, 6.07) is 49.4. The van der Waals surface area contributed by atoms with Crippen molar-refractivity contribution in [3.05, 3.63) is 183 Å². The Morgan fingerprint density at radius 1 is 0.469 bits per heavy atom. The molecule has 6 heterocycles. The largest absolute Gasteiger partial charge is 0.509 e. The zero-order valence-corrected chi connectivity index (χ0v) is 39.3. The zero-order chi connectivity index (χ0) is 42.2. The number of ether oxygens (including phenoxy) is 2. The minimum absolute atomic E-state index is 0. The van der Waals surface area contributed by atoms with Crippen LogP contribution in [0.2, 0.25) is 0 Å². The zero-order valence-electron chi connectivity index (χ0n) is 34.8. The van der Waals surface area contributed by atoms with Crippen LogP contribution < -0.4 is 28.4 Å². The summed E-state index contributed by atoms with van der Waals surface area (Å²) < 4.78 is 20.4. The normalized spacial score (nSPS) is 10.9. The number of anilines is 2. The molecule has 6 aromatic heterocycles. The number of hydrogen-bond donors (Lipinski definition) is 0. The van der Waals surface area contributed by atoms with Gasteiger partial charge in [-0.05, 0) is 84.7 Å². The van der Waals surface area contributed by atoms with Gasteiger partial charge in [0.1, 0.15) is 0 Å². The maximum Gasteiger partial charge on any atom is 0.268 e. The molecule has 0 amide bonds. The number of hydrogen-bond acceptors (Lipinski definition) is 8. The van der Waals surface area contributed by atoms with Gasteiger partial charge in [-0.3, -0.25) is 9.13 Å². The molecule has 0 saturated heterocycles. The molecule has 0 spiro atoms. The topological polar surface area (TPSA) is 94.1 Å². The summed E-state index contributed by atoms with van der Waals surface area (Å²) >= 11 is 0. The van der Waals surface area contributed by atoms with Gasteiger partial charge in [-0.1, -0.05) is 60.9 Å². The molecule has 0 radical (unpaired) electrons. The van der Waals surface area contributed by atoms with Crippen LogP contribution in [0.1, 0.15) is 0 Å². The Kier molecular flexibility index (Phi) is 12.8. The second-order valence-corrected chi connectivity index (χ2v) is 14.7. The van der Waals surface area contributed by atoms with Crippen molar-refractivity contribution in [2.75, 3.05) is 38.0 Å². The van der Waals surface area contributed by atoms with Gasteiger partial charge < -0.3 is 48.3 Å². The Morgan fingerprint density at radius 2 is 0.875 bits per heavy atom. The summed E-state index contributed by atoms with van der Waals surface area (Å²) in [5.74, 6) is 1.58. The van der Waals surface area contributed by atoms with E-state index in [2.05, 4.69) is 127 Å². The standard InChI is InChI=1S/C50H36N10O2.2Pt/c1-55(2)35-13-17-37(18-14-35)57-33-59(49-11-7-5-9-47(49)57)39-25-43(31-51-29-39)61-41-21-23-53-45(27-41)46-28-42(22-24-54-46)62-44-26-40(30-52-32-44)60-34-58(48-10-6-8-12-50(48)60)38-19-15-36(16-20-38)56(3)4;;/h5-24,29-32H,1-4H3;;/q-4;;. The first kappa shape index (κ1) is 43.6. The third kappa shape index (κ3) is 8.80. The molecule has 4 aromatic carbocycles. The molecule has 64 heavy (non-hydrogen) atoms. The molecule has 10 aromatic rings. The Balaban J connectivity index is 0.00000280. The van der Waals surface area contributed by atoms with Crippen molar-refractivity contribution in [1.29, 1.82) is 0 Å². The van der Waals surface area contributed by atoms with Crippen LogP contribution in [0.5, 0.6) is 23.0 Å². The predicted octanol–water partition coefficient (Wildman–Crippen LogP) is 7.89. The number of para-hydroxylation sites is 4. The summed E-state index contributed by atoms with van der Waals surface area (Å²) in [7, 11) is 8.10. The SMILES string of the molecule is CN(C)c1ccc(-n2[c-][n+](-c3[c-]c(Oc4[c-]c(-c5[c-]c(Oc6[c-]c(-[n+]7[c-]n(-c8ccc(N(C)C)cc8)c8ccccc87)cnc6)ccn5)ncc4)cnc3)c3ccccc32)cc1.[Pt].[Pt].